The number of furan rings is 1. The standard InChI is InChI=1S/C13H18N4O/c1-3-4-9-7-18-12-11(9)15-8-16-13(12)17-5-10(6-17)14-2/h7-8,10,14H,3-6H2,1-2H3. The van der Waals surface area contributed by atoms with Crippen LogP contribution in [0.25, 0.3) is 11.1 Å². The predicted octanol–water partition coefficient (Wildman–Crippen LogP) is 1.58. The maximum Gasteiger partial charge on any atom is 0.195 e. The van der Waals surface area contributed by atoms with E-state index in [1.165, 1.54) is 5.56 Å². The number of hydrogen-bond acceptors (Lipinski definition) is 5. The fourth-order valence-corrected chi connectivity index (χ4v) is 2.39. The van der Waals surface area contributed by atoms with Gasteiger partial charge < -0.3 is 14.6 Å². The van der Waals surface area contributed by atoms with Crippen LogP contribution in [0.4, 0.5) is 5.82 Å². The van der Waals surface area contributed by atoms with Gasteiger partial charge in [0.2, 0.25) is 0 Å². The van der Waals surface area contributed by atoms with E-state index in [1.807, 2.05) is 13.3 Å². The summed E-state index contributed by atoms with van der Waals surface area (Å²) < 4.78 is 5.67. The normalized spacial score (nSPS) is 16.2. The van der Waals surface area contributed by atoms with Gasteiger partial charge in [-0.3, -0.25) is 0 Å². The van der Waals surface area contributed by atoms with E-state index in [2.05, 4.69) is 27.1 Å². The van der Waals surface area contributed by atoms with Crippen molar-refractivity contribution in [3.8, 4) is 0 Å². The van der Waals surface area contributed by atoms with E-state index in [1.54, 1.807) is 6.33 Å². The van der Waals surface area contributed by atoms with Crippen LogP contribution >= 0.6 is 0 Å². The van der Waals surface area contributed by atoms with Gasteiger partial charge in [-0.2, -0.15) is 0 Å². The van der Waals surface area contributed by atoms with Gasteiger partial charge in [-0.15, -0.1) is 0 Å². The topological polar surface area (TPSA) is 54.2 Å². The second-order valence-electron chi connectivity index (χ2n) is 4.78. The molecule has 0 bridgehead atoms. The van der Waals surface area contributed by atoms with Gasteiger partial charge in [-0.1, -0.05) is 13.3 Å². The molecule has 0 aromatic carbocycles. The minimum Gasteiger partial charge on any atom is -0.458 e. The first-order valence-corrected chi connectivity index (χ1v) is 6.46. The Bertz CT molecular complexity index is 545. The van der Waals surface area contributed by atoms with Crippen LogP contribution < -0.4 is 10.2 Å². The highest BCUT2D eigenvalue weighted by Crippen LogP contribution is 2.29. The zero-order chi connectivity index (χ0) is 12.5. The molecule has 0 atom stereocenters. The summed E-state index contributed by atoms with van der Waals surface area (Å²) >= 11 is 0. The zero-order valence-electron chi connectivity index (χ0n) is 10.8. The quantitative estimate of drug-likeness (QED) is 0.887. The molecule has 1 aliphatic heterocycles. The van der Waals surface area contributed by atoms with Crippen LogP contribution in [0.1, 0.15) is 18.9 Å². The van der Waals surface area contributed by atoms with Crippen LogP contribution in [-0.2, 0) is 6.42 Å². The first-order valence-electron chi connectivity index (χ1n) is 6.46. The van der Waals surface area contributed by atoms with E-state index >= 15 is 0 Å². The predicted molar refractivity (Wildman–Crippen MR) is 70.9 cm³/mol. The van der Waals surface area contributed by atoms with Gasteiger partial charge in [0.25, 0.3) is 0 Å². The van der Waals surface area contributed by atoms with Gasteiger partial charge in [-0.25, -0.2) is 9.97 Å². The van der Waals surface area contributed by atoms with Crippen LogP contribution in [0, 0.1) is 0 Å². The Balaban J connectivity index is 1.93. The van der Waals surface area contributed by atoms with Gasteiger partial charge >= 0.3 is 0 Å². The third kappa shape index (κ3) is 1.75. The second-order valence-corrected chi connectivity index (χ2v) is 4.78. The lowest BCUT2D eigenvalue weighted by molar-refractivity contribution is 0.445. The van der Waals surface area contributed by atoms with E-state index in [0.717, 1.165) is 42.8 Å². The van der Waals surface area contributed by atoms with Crippen molar-refractivity contribution >= 4 is 16.9 Å². The molecule has 0 spiro atoms. The van der Waals surface area contributed by atoms with Gasteiger partial charge in [0.15, 0.2) is 11.4 Å². The summed E-state index contributed by atoms with van der Waals surface area (Å²) in [5.41, 5.74) is 2.98. The van der Waals surface area contributed by atoms with Crippen molar-refractivity contribution < 1.29 is 4.42 Å². The molecule has 1 aliphatic rings. The lowest BCUT2D eigenvalue weighted by atomic mass is 10.1. The van der Waals surface area contributed by atoms with Crippen molar-refractivity contribution in [2.24, 2.45) is 0 Å². The second kappa shape index (κ2) is 4.57. The average Bonchev–Trinajstić information content (AvgIpc) is 2.73. The summed E-state index contributed by atoms with van der Waals surface area (Å²) in [5, 5.41) is 3.26. The largest absolute Gasteiger partial charge is 0.458 e. The minimum absolute atomic E-state index is 0.556. The lowest BCUT2D eigenvalue weighted by Crippen LogP contribution is -2.57. The Hall–Kier alpha value is -1.62. The number of nitrogens with one attached hydrogen (secondary N) is 1. The Morgan fingerprint density at radius 1 is 1.44 bits per heavy atom. The number of nitrogens with zero attached hydrogens (tertiary/aromatic N) is 3. The molecule has 0 radical (unpaired) electrons. The molecule has 1 N–H and O–H groups in total. The van der Waals surface area contributed by atoms with Crippen LogP contribution in [0.2, 0.25) is 0 Å². The molecule has 1 saturated heterocycles. The molecule has 96 valence electrons. The SMILES string of the molecule is CCCc1coc2c(N3CC(NC)C3)ncnc12. The molecule has 18 heavy (non-hydrogen) atoms. The smallest absolute Gasteiger partial charge is 0.195 e. The maximum atomic E-state index is 5.67. The van der Waals surface area contributed by atoms with Crippen molar-refractivity contribution in [3.63, 3.8) is 0 Å². The molecule has 3 heterocycles. The fraction of sp³-hybridized carbons (Fsp3) is 0.538. The van der Waals surface area contributed by atoms with Gasteiger partial charge in [0.1, 0.15) is 11.8 Å². The molecule has 1 fully saturated rings. The highest BCUT2D eigenvalue weighted by molar-refractivity contribution is 5.86. The van der Waals surface area contributed by atoms with E-state index in [4.69, 9.17) is 4.42 Å². The van der Waals surface area contributed by atoms with E-state index in [9.17, 15) is 0 Å². The third-order valence-corrected chi connectivity index (χ3v) is 3.52. The van der Waals surface area contributed by atoms with Crippen LogP contribution in [0.3, 0.4) is 0 Å². The van der Waals surface area contributed by atoms with Crippen molar-refractivity contribution in [3.05, 3.63) is 18.2 Å². The van der Waals surface area contributed by atoms with E-state index < -0.39 is 0 Å². The molecule has 0 unspecified atom stereocenters. The summed E-state index contributed by atoms with van der Waals surface area (Å²) in [5.74, 6) is 0.925. The number of fused-ring (bicyclic) bond motifs is 1. The van der Waals surface area contributed by atoms with E-state index in [-0.39, 0.29) is 0 Å². The number of anilines is 1. The lowest BCUT2D eigenvalue weighted by Gasteiger charge is -2.39. The first kappa shape index (κ1) is 11.5. The Kier molecular flexibility index (Phi) is 2.91. The summed E-state index contributed by atoms with van der Waals surface area (Å²) in [6.45, 7) is 4.12. The molecular weight excluding hydrogens is 228 g/mol. The Morgan fingerprint density at radius 3 is 3.00 bits per heavy atom. The number of rotatable bonds is 4. The highest BCUT2D eigenvalue weighted by atomic mass is 16.3. The minimum atomic E-state index is 0.556. The number of hydrogen-bond donors (Lipinski definition) is 1. The van der Waals surface area contributed by atoms with Gasteiger partial charge in [0, 0.05) is 24.7 Å². The number of aromatic nitrogens is 2. The van der Waals surface area contributed by atoms with Crippen LogP contribution in [-0.4, -0.2) is 36.1 Å². The highest BCUT2D eigenvalue weighted by Gasteiger charge is 2.29. The number of likely N-dealkylation sites (N-methyl/N-ethyl adjacent to an activating group) is 1. The van der Waals surface area contributed by atoms with Crippen molar-refractivity contribution in [1.29, 1.82) is 0 Å². The van der Waals surface area contributed by atoms with Gasteiger partial charge in [0.05, 0.1) is 6.26 Å². The zero-order valence-corrected chi connectivity index (χ0v) is 10.8. The molecular formula is C13H18N4O. The van der Waals surface area contributed by atoms with Crippen molar-refractivity contribution in [2.75, 3.05) is 25.0 Å². The van der Waals surface area contributed by atoms with E-state index in [0.29, 0.717) is 6.04 Å². The van der Waals surface area contributed by atoms with Crippen LogP contribution in [0.15, 0.2) is 17.0 Å². The maximum absolute atomic E-state index is 5.67. The van der Waals surface area contributed by atoms with Crippen molar-refractivity contribution in [1.82, 2.24) is 15.3 Å². The molecule has 0 amide bonds. The monoisotopic (exact) mass is 246 g/mol. The molecule has 5 heteroatoms. The molecule has 5 nitrogen and oxygen atoms in total. The summed E-state index contributed by atoms with van der Waals surface area (Å²) in [4.78, 5) is 10.9. The molecule has 0 saturated carbocycles. The number of aryl methyl sites for hydroxylation is 1. The molecule has 0 aliphatic carbocycles. The molecule has 2 aromatic rings. The molecule has 2 aromatic heterocycles. The van der Waals surface area contributed by atoms with Crippen LogP contribution in [0.5, 0.6) is 0 Å². The third-order valence-electron chi connectivity index (χ3n) is 3.52. The molecule has 3 rings (SSSR count). The summed E-state index contributed by atoms with van der Waals surface area (Å²) in [6.07, 6.45) is 5.56. The Labute approximate surface area is 106 Å². The van der Waals surface area contributed by atoms with Gasteiger partial charge in [-0.05, 0) is 13.5 Å². The van der Waals surface area contributed by atoms with Crippen molar-refractivity contribution in [2.45, 2.75) is 25.8 Å². The summed E-state index contributed by atoms with van der Waals surface area (Å²) in [6, 6.07) is 0.556. The first-order chi connectivity index (χ1) is 8.83. The fourth-order valence-electron chi connectivity index (χ4n) is 2.39. The Morgan fingerprint density at radius 2 is 2.28 bits per heavy atom. The average molecular weight is 246 g/mol. The summed E-state index contributed by atoms with van der Waals surface area (Å²) in [7, 11) is 1.99.